The van der Waals surface area contributed by atoms with Crippen LogP contribution in [0.25, 0.3) is 0 Å². The van der Waals surface area contributed by atoms with E-state index in [0.29, 0.717) is 42.6 Å². The van der Waals surface area contributed by atoms with Gasteiger partial charge in [0.2, 0.25) is 5.75 Å². The lowest BCUT2D eigenvalue weighted by Gasteiger charge is -2.38. The highest BCUT2D eigenvalue weighted by Gasteiger charge is 2.37. The average molecular weight is 415 g/mol. The van der Waals surface area contributed by atoms with Crippen LogP contribution >= 0.6 is 0 Å². The number of amides is 1. The third-order valence-corrected chi connectivity index (χ3v) is 5.64. The van der Waals surface area contributed by atoms with Gasteiger partial charge < -0.3 is 29.0 Å². The van der Waals surface area contributed by atoms with Crippen LogP contribution < -0.4 is 24.3 Å². The number of carbonyl (C=O) groups excluding carboxylic acids is 1. The van der Waals surface area contributed by atoms with Crippen molar-refractivity contribution < 1.29 is 28.5 Å². The summed E-state index contributed by atoms with van der Waals surface area (Å²) in [6, 6.07) is 11.3. The molecule has 1 fully saturated rings. The van der Waals surface area contributed by atoms with Crippen molar-refractivity contribution in [3.05, 3.63) is 47.5 Å². The third kappa shape index (κ3) is 4.31. The number of rotatable bonds is 8. The van der Waals surface area contributed by atoms with Crippen molar-refractivity contribution in [3.8, 4) is 23.0 Å². The fraction of sp³-hybridized carbons (Fsp3) is 0.435. The van der Waals surface area contributed by atoms with E-state index in [1.165, 1.54) is 21.3 Å². The van der Waals surface area contributed by atoms with Gasteiger partial charge in [-0.3, -0.25) is 4.79 Å². The van der Waals surface area contributed by atoms with Crippen molar-refractivity contribution >= 4 is 5.91 Å². The molecular formula is C23H29NO6. The molecule has 7 nitrogen and oxygen atoms in total. The van der Waals surface area contributed by atoms with Crippen LogP contribution in [0.2, 0.25) is 0 Å². The molecule has 1 aliphatic rings. The number of methoxy groups -OCH3 is 4. The summed E-state index contributed by atoms with van der Waals surface area (Å²) in [7, 11) is 6.25. The van der Waals surface area contributed by atoms with Gasteiger partial charge in [0.15, 0.2) is 11.5 Å². The van der Waals surface area contributed by atoms with E-state index in [0.717, 1.165) is 24.2 Å². The Balaban J connectivity index is 1.87. The molecule has 1 aliphatic heterocycles. The Bertz CT molecular complexity index is 851. The quantitative estimate of drug-likeness (QED) is 0.714. The Morgan fingerprint density at radius 1 is 0.933 bits per heavy atom. The van der Waals surface area contributed by atoms with Crippen LogP contribution in [-0.2, 0) is 10.2 Å². The van der Waals surface area contributed by atoms with Gasteiger partial charge in [0, 0.05) is 36.3 Å². The zero-order chi connectivity index (χ0) is 21.6. The second-order valence-corrected chi connectivity index (χ2v) is 7.19. The molecule has 1 saturated heterocycles. The summed E-state index contributed by atoms with van der Waals surface area (Å²) in [6.45, 7) is 1.74. The van der Waals surface area contributed by atoms with Gasteiger partial charge in [0.1, 0.15) is 5.75 Å². The van der Waals surface area contributed by atoms with Crippen molar-refractivity contribution in [1.82, 2.24) is 5.32 Å². The molecule has 1 amide bonds. The fourth-order valence-electron chi connectivity index (χ4n) is 3.95. The Morgan fingerprint density at radius 3 is 2.10 bits per heavy atom. The molecule has 7 heteroatoms. The molecule has 0 aromatic heterocycles. The molecule has 0 saturated carbocycles. The largest absolute Gasteiger partial charge is 0.496 e. The summed E-state index contributed by atoms with van der Waals surface area (Å²) in [5, 5.41) is 3.10. The lowest BCUT2D eigenvalue weighted by atomic mass is 9.73. The van der Waals surface area contributed by atoms with Crippen LogP contribution in [-0.4, -0.2) is 54.1 Å². The fourth-order valence-corrected chi connectivity index (χ4v) is 3.95. The number of para-hydroxylation sites is 1. The second-order valence-electron chi connectivity index (χ2n) is 7.19. The lowest BCUT2D eigenvalue weighted by Crippen LogP contribution is -2.44. The third-order valence-electron chi connectivity index (χ3n) is 5.64. The zero-order valence-corrected chi connectivity index (χ0v) is 17.9. The maximum Gasteiger partial charge on any atom is 0.251 e. The van der Waals surface area contributed by atoms with Gasteiger partial charge >= 0.3 is 0 Å². The van der Waals surface area contributed by atoms with E-state index in [9.17, 15) is 4.79 Å². The summed E-state index contributed by atoms with van der Waals surface area (Å²) >= 11 is 0. The molecule has 162 valence electrons. The van der Waals surface area contributed by atoms with E-state index in [1.807, 2.05) is 18.2 Å². The normalized spacial score (nSPS) is 15.2. The first-order valence-electron chi connectivity index (χ1n) is 9.88. The molecule has 0 unspecified atom stereocenters. The predicted molar refractivity (Wildman–Crippen MR) is 113 cm³/mol. The smallest absolute Gasteiger partial charge is 0.251 e. The first-order valence-corrected chi connectivity index (χ1v) is 9.88. The van der Waals surface area contributed by atoms with Gasteiger partial charge in [-0.25, -0.2) is 0 Å². The highest BCUT2D eigenvalue weighted by Crippen LogP contribution is 2.40. The molecule has 0 aliphatic carbocycles. The Labute approximate surface area is 177 Å². The number of nitrogens with one attached hydrogen (secondary N) is 1. The Morgan fingerprint density at radius 2 is 1.53 bits per heavy atom. The molecule has 0 atom stereocenters. The van der Waals surface area contributed by atoms with Gasteiger partial charge in [0.25, 0.3) is 5.91 Å². The maximum absolute atomic E-state index is 13.0. The summed E-state index contributed by atoms with van der Waals surface area (Å²) in [4.78, 5) is 13.0. The van der Waals surface area contributed by atoms with Crippen molar-refractivity contribution in [1.29, 1.82) is 0 Å². The van der Waals surface area contributed by atoms with Crippen LogP contribution in [0.3, 0.4) is 0 Å². The SMILES string of the molecule is COc1ccccc1C1(CNC(=O)c2cc(OC)c(OC)c(OC)c2)CCOCC1. The van der Waals surface area contributed by atoms with Crippen LogP contribution in [0.15, 0.2) is 36.4 Å². The molecule has 0 bridgehead atoms. The van der Waals surface area contributed by atoms with Gasteiger partial charge in [-0.2, -0.15) is 0 Å². The van der Waals surface area contributed by atoms with Gasteiger partial charge in [-0.05, 0) is 31.0 Å². The highest BCUT2D eigenvalue weighted by molar-refractivity contribution is 5.95. The monoisotopic (exact) mass is 415 g/mol. The highest BCUT2D eigenvalue weighted by atomic mass is 16.5. The topological polar surface area (TPSA) is 75.3 Å². The van der Waals surface area contributed by atoms with E-state index in [-0.39, 0.29) is 11.3 Å². The minimum absolute atomic E-state index is 0.213. The standard InChI is InChI=1S/C23H29NO6/c1-26-18-8-6-5-7-17(18)23(9-11-30-12-10-23)15-24-22(25)16-13-19(27-2)21(29-4)20(14-16)28-3/h5-8,13-14H,9-12,15H2,1-4H3,(H,24,25). The Kier molecular flexibility index (Phi) is 7.05. The average Bonchev–Trinajstić information content (AvgIpc) is 2.81. The molecule has 1 N–H and O–H groups in total. The van der Waals surface area contributed by atoms with Crippen LogP contribution in [0.5, 0.6) is 23.0 Å². The number of benzene rings is 2. The molecule has 30 heavy (non-hydrogen) atoms. The molecular weight excluding hydrogens is 386 g/mol. The van der Waals surface area contributed by atoms with E-state index < -0.39 is 0 Å². The Hall–Kier alpha value is -2.93. The molecule has 0 radical (unpaired) electrons. The van der Waals surface area contributed by atoms with Crippen LogP contribution in [0.4, 0.5) is 0 Å². The van der Waals surface area contributed by atoms with E-state index in [4.69, 9.17) is 23.7 Å². The van der Waals surface area contributed by atoms with Crippen LogP contribution in [0.1, 0.15) is 28.8 Å². The minimum Gasteiger partial charge on any atom is -0.496 e. The van der Waals surface area contributed by atoms with Crippen molar-refractivity contribution in [2.75, 3.05) is 48.2 Å². The van der Waals surface area contributed by atoms with Gasteiger partial charge in [-0.1, -0.05) is 18.2 Å². The zero-order valence-electron chi connectivity index (χ0n) is 17.9. The summed E-state index contributed by atoms with van der Waals surface area (Å²) in [5.41, 5.74) is 1.26. The lowest BCUT2D eigenvalue weighted by molar-refractivity contribution is 0.0479. The number of carbonyl (C=O) groups is 1. The molecule has 3 rings (SSSR count). The predicted octanol–water partition coefficient (Wildman–Crippen LogP) is 3.20. The van der Waals surface area contributed by atoms with E-state index in [2.05, 4.69) is 11.4 Å². The van der Waals surface area contributed by atoms with Crippen molar-refractivity contribution in [3.63, 3.8) is 0 Å². The summed E-state index contributed by atoms with van der Waals surface area (Å²) in [5.74, 6) is 1.93. The van der Waals surface area contributed by atoms with Crippen LogP contribution in [0, 0.1) is 0 Å². The van der Waals surface area contributed by atoms with Gasteiger partial charge in [-0.15, -0.1) is 0 Å². The van der Waals surface area contributed by atoms with Crippen molar-refractivity contribution in [2.24, 2.45) is 0 Å². The molecule has 1 heterocycles. The number of ether oxygens (including phenoxy) is 5. The van der Waals surface area contributed by atoms with Gasteiger partial charge in [0.05, 0.1) is 28.4 Å². The first-order chi connectivity index (χ1) is 14.6. The number of hydrogen-bond donors (Lipinski definition) is 1. The molecule has 2 aromatic carbocycles. The summed E-state index contributed by atoms with van der Waals surface area (Å²) in [6.07, 6.45) is 1.59. The molecule has 0 spiro atoms. The van der Waals surface area contributed by atoms with E-state index >= 15 is 0 Å². The van der Waals surface area contributed by atoms with Crippen molar-refractivity contribution in [2.45, 2.75) is 18.3 Å². The van der Waals surface area contributed by atoms with E-state index in [1.54, 1.807) is 19.2 Å². The molecule has 2 aromatic rings. The summed E-state index contributed by atoms with van der Waals surface area (Å²) < 4.78 is 27.3. The second kappa shape index (κ2) is 9.71. The minimum atomic E-state index is -0.263. The maximum atomic E-state index is 13.0. The first kappa shape index (κ1) is 21.8. The number of hydrogen-bond acceptors (Lipinski definition) is 6.